The lowest BCUT2D eigenvalue weighted by atomic mass is 10.1. The fourth-order valence-electron chi connectivity index (χ4n) is 2.56. The van der Waals surface area contributed by atoms with E-state index in [4.69, 9.17) is 16.3 Å². The molecule has 0 spiro atoms. The summed E-state index contributed by atoms with van der Waals surface area (Å²) in [6.45, 7) is 8.18. The van der Waals surface area contributed by atoms with Gasteiger partial charge >= 0.3 is 6.09 Å². The number of halogens is 1. The first kappa shape index (κ1) is 17.6. The van der Waals surface area contributed by atoms with E-state index in [9.17, 15) is 9.59 Å². The van der Waals surface area contributed by atoms with Crippen LogP contribution in [0.3, 0.4) is 0 Å². The molecule has 2 rings (SSSR count). The molecule has 1 amide bonds. The number of benzene rings is 1. The number of hydrogen-bond acceptors (Lipinski definition) is 4. The predicted molar refractivity (Wildman–Crippen MR) is 91.5 cm³/mol. The van der Waals surface area contributed by atoms with Crippen LogP contribution in [0.1, 0.15) is 37.6 Å². The van der Waals surface area contributed by atoms with Gasteiger partial charge in [-0.15, -0.1) is 0 Å². The molecule has 6 heteroatoms. The van der Waals surface area contributed by atoms with E-state index in [1.54, 1.807) is 23.1 Å². The van der Waals surface area contributed by atoms with Gasteiger partial charge in [0.25, 0.3) is 0 Å². The zero-order valence-corrected chi connectivity index (χ0v) is 14.6. The number of ether oxygens (including phenoxy) is 1. The second kappa shape index (κ2) is 7.21. The Labute approximate surface area is 142 Å². The summed E-state index contributed by atoms with van der Waals surface area (Å²) in [6.07, 6.45) is 1.35. The number of aldehydes is 1. The average Bonchev–Trinajstić information content (AvgIpc) is 2.71. The van der Waals surface area contributed by atoms with Gasteiger partial charge in [0, 0.05) is 42.5 Å². The van der Waals surface area contributed by atoms with Crippen LogP contribution in [-0.4, -0.2) is 49.1 Å². The second-order valence-corrected chi connectivity index (χ2v) is 7.07. The van der Waals surface area contributed by atoms with E-state index in [1.165, 1.54) is 0 Å². The minimum atomic E-state index is -0.499. The predicted octanol–water partition coefficient (Wildman–Crippen LogP) is 3.60. The SMILES string of the molecule is CC(C)(C)OC(=O)N1CCCN(c2cc(Cl)ccc2C=O)CC1. The monoisotopic (exact) mass is 338 g/mol. The van der Waals surface area contributed by atoms with E-state index in [0.29, 0.717) is 30.2 Å². The normalized spacial score (nSPS) is 16.0. The summed E-state index contributed by atoms with van der Waals surface area (Å²) >= 11 is 6.06. The quantitative estimate of drug-likeness (QED) is 0.773. The highest BCUT2D eigenvalue weighted by molar-refractivity contribution is 6.31. The lowest BCUT2D eigenvalue weighted by molar-refractivity contribution is 0.0263. The summed E-state index contributed by atoms with van der Waals surface area (Å²) in [7, 11) is 0. The Bertz CT molecular complexity index is 584. The van der Waals surface area contributed by atoms with Crippen LogP contribution in [0.25, 0.3) is 0 Å². The van der Waals surface area contributed by atoms with E-state index in [0.717, 1.165) is 24.9 Å². The van der Waals surface area contributed by atoms with Crippen molar-refractivity contribution in [1.29, 1.82) is 0 Å². The van der Waals surface area contributed by atoms with Gasteiger partial charge in [-0.2, -0.15) is 0 Å². The molecule has 0 atom stereocenters. The maximum atomic E-state index is 12.2. The van der Waals surface area contributed by atoms with Gasteiger partial charge in [0.1, 0.15) is 5.60 Å². The van der Waals surface area contributed by atoms with Gasteiger partial charge in [0.05, 0.1) is 0 Å². The first-order valence-corrected chi connectivity index (χ1v) is 8.15. The van der Waals surface area contributed by atoms with Crippen molar-refractivity contribution >= 4 is 29.7 Å². The van der Waals surface area contributed by atoms with Crippen molar-refractivity contribution in [2.75, 3.05) is 31.1 Å². The molecule has 0 unspecified atom stereocenters. The fourth-order valence-corrected chi connectivity index (χ4v) is 2.72. The van der Waals surface area contributed by atoms with Gasteiger partial charge in [-0.3, -0.25) is 4.79 Å². The van der Waals surface area contributed by atoms with Crippen LogP contribution in [0, 0.1) is 0 Å². The van der Waals surface area contributed by atoms with Crippen molar-refractivity contribution in [1.82, 2.24) is 4.90 Å². The molecule has 0 radical (unpaired) electrons. The first-order valence-electron chi connectivity index (χ1n) is 7.78. The van der Waals surface area contributed by atoms with Crippen LogP contribution in [0.15, 0.2) is 18.2 Å². The Morgan fingerprint density at radius 3 is 2.61 bits per heavy atom. The zero-order chi connectivity index (χ0) is 17.0. The van der Waals surface area contributed by atoms with Gasteiger partial charge in [0.2, 0.25) is 0 Å². The van der Waals surface area contributed by atoms with Crippen molar-refractivity contribution in [2.24, 2.45) is 0 Å². The summed E-state index contributed by atoms with van der Waals surface area (Å²) in [5.41, 5.74) is 0.930. The third-order valence-corrected chi connectivity index (χ3v) is 3.84. The minimum absolute atomic E-state index is 0.291. The number of rotatable bonds is 2. The zero-order valence-electron chi connectivity index (χ0n) is 13.8. The maximum Gasteiger partial charge on any atom is 0.410 e. The van der Waals surface area contributed by atoms with E-state index < -0.39 is 5.60 Å². The lowest BCUT2D eigenvalue weighted by Crippen LogP contribution is -2.39. The summed E-state index contributed by atoms with van der Waals surface area (Å²) in [5, 5.41) is 0.596. The number of anilines is 1. The first-order chi connectivity index (χ1) is 10.8. The van der Waals surface area contributed by atoms with Crippen LogP contribution in [0.2, 0.25) is 5.02 Å². The van der Waals surface area contributed by atoms with Crippen molar-refractivity contribution < 1.29 is 14.3 Å². The van der Waals surface area contributed by atoms with Crippen LogP contribution in [0.4, 0.5) is 10.5 Å². The highest BCUT2D eigenvalue weighted by atomic mass is 35.5. The molecule has 0 saturated carbocycles. The van der Waals surface area contributed by atoms with Crippen molar-refractivity contribution in [3.8, 4) is 0 Å². The van der Waals surface area contributed by atoms with E-state index in [1.807, 2.05) is 20.8 Å². The third kappa shape index (κ3) is 4.86. The third-order valence-electron chi connectivity index (χ3n) is 3.61. The number of hydrogen-bond donors (Lipinski definition) is 0. The molecule has 0 N–H and O–H groups in total. The van der Waals surface area contributed by atoms with Crippen LogP contribution < -0.4 is 4.90 Å². The van der Waals surface area contributed by atoms with E-state index in [-0.39, 0.29) is 6.09 Å². The molecule has 1 saturated heterocycles. The molecule has 1 aliphatic heterocycles. The fraction of sp³-hybridized carbons (Fsp3) is 0.529. The van der Waals surface area contributed by atoms with E-state index in [2.05, 4.69) is 4.90 Å². The van der Waals surface area contributed by atoms with Gasteiger partial charge in [-0.25, -0.2) is 4.79 Å². The van der Waals surface area contributed by atoms with Crippen LogP contribution in [0.5, 0.6) is 0 Å². The summed E-state index contributed by atoms with van der Waals surface area (Å²) < 4.78 is 5.43. The minimum Gasteiger partial charge on any atom is -0.444 e. The molecule has 1 heterocycles. The van der Waals surface area contributed by atoms with Gasteiger partial charge < -0.3 is 14.5 Å². The standard InChI is InChI=1S/C17H23ClN2O3/c1-17(2,3)23-16(22)20-8-4-7-19(9-10-20)15-11-14(18)6-5-13(15)12-21/h5-6,11-12H,4,7-10H2,1-3H3. The molecule has 0 aliphatic carbocycles. The molecule has 1 aliphatic rings. The summed E-state index contributed by atoms with van der Waals surface area (Å²) in [6, 6.07) is 5.23. The molecule has 1 fully saturated rings. The van der Waals surface area contributed by atoms with Gasteiger partial charge in [-0.1, -0.05) is 11.6 Å². The van der Waals surface area contributed by atoms with Gasteiger partial charge in [0.15, 0.2) is 6.29 Å². The lowest BCUT2D eigenvalue weighted by Gasteiger charge is -2.27. The molecule has 1 aromatic rings. The average molecular weight is 339 g/mol. The van der Waals surface area contributed by atoms with Crippen LogP contribution in [-0.2, 0) is 4.74 Å². The molecule has 126 valence electrons. The molecule has 1 aromatic carbocycles. The van der Waals surface area contributed by atoms with Crippen molar-refractivity contribution in [3.63, 3.8) is 0 Å². The molecule has 0 bridgehead atoms. The largest absolute Gasteiger partial charge is 0.444 e. The summed E-state index contributed by atoms with van der Waals surface area (Å²) in [4.78, 5) is 27.3. The Hall–Kier alpha value is -1.75. The highest BCUT2D eigenvalue weighted by Gasteiger charge is 2.25. The number of carbonyl (C=O) groups is 2. The topological polar surface area (TPSA) is 49.9 Å². The van der Waals surface area contributed by atoms with Crippen molar-refractivity contribution in [2.45, 2.75) is 32.8 Å². The summed E-state index contributed by atoms with van der Waals surface area (Å²) in [5.74, 6) is 0. The molecule has 0 aromatic heterocycles. The highest BCUT2D eigenvalue weighted by Crippen LogP contribution is 2.25. The Kier molecular flexibility index (Phi) is 5.52. The van der Waals surface area contributed by atoms with Crippen molar-refractivity contribution in [3.05, 3.63) is 28.8 Å². The molecule has 5 nitrogen and oxygen atoms in total. The van der Waals surface area contributed by atoms with Crippen LogP contribution >= 0.6 is 11.6 Å². The Morgan fingerprint density at radius 2 is 1.96 bits per heavy atom. The number of nitrogens with zero attached hydrogens (tertiary/aromatic N) is 2. The Morgan fingerprint density at radius 1 is 1.22 bits per heavy atom. The second-order valence-electron chi connectivity index (χ2n) is 6.63. The van der Waals surface area contributed by atoms with Gasteiger partial charge in [-0.05, 0) is 45.4 Å². The Balaban J connectivity index is 2.08. The van der Waals surface area contributed by atoms with E-state index >= 15 is 0 Å². The molecular formula is C17H23ClN2O3. The number of carbonyl (C=O) groups excluding carboxylic acids is 2. The smallest absolute Gasteiger partial charge is 0.410 e. The molecule has 23 heavy (non-hydrogen) atoms. The maximum absolute atomic E-state index is 12.2. The number of amides is 1. The molecular weight excluding hydrogens is 316 g/mol.